The molecule has 0 bridgehead atoms. The van der Waals surface area contributed by atoms with Crippen LogP contribution in [-0.2, 0) is 6.18 Å². The Bertz CT molecular complexity index is 1710. The van der Waals surface area contributed by atoms with Gasteiger partial charge in [0.25, 0.3) is 12.3 Å². The van der Waals surface area contributed by atoms with Crippen molar-refractivity contribution in [2.45, 2.75) is 39.4 Å². The topological polar surface area (TPSA) is 103 Å². The molecule has 2 aromatic heterocycles. The Kier molecular flexibility index (Phi) is 9.42. The van der Waals surface area contributed by atoms with E-state index >= 15 is 0 Å². The molecule has 0 unspecified atom stereocenters. The zero-order chi connectivity index (χ0) is 33.2. The van der Waals surface area contributed by atoms with E-state index in [0.29, 0.717) is 28.8 Å². The molecular formula is C31H34F5N9O. The quantitative estimate of drug-likeness (QED) is 0.188. The molecule has 1 atom stereocenters. The van der Waals surface area contributed by atoms with E-state index in [9.17, 15) is 26.7 Å². The zero-order valence-corrected chi connectivity index (χ0v) is 25.7. The number of alkyl halides is 5. The second-order valence-corrected chi connectivity index (χ2v) is 11.2. The van der Waals surface area contributed by atoms with Gasteiger partial charge in [-0.2, -0.15) is 23.0 Å². The number of halogens is 5. The maximum atomic E-state index is 13.9. The minimum atomic E-state index is -4.70. The molecule has 1 amide bonds. The van der Waals surface area contributed by atoms with Gasteiger partial charge in [-0.1, -0.05) is 6.07 Å². The molecule has 1 aliphatic rings. The van der Waals surface area contributed by atoms with Crippen LogP contribution in [0, 0.1) is 13.8 Å². The van der Waals surface area contributed by atoms with Crippen LogP contribution < -0.4 is 20.9 Å². The predicted octanol–water partition coefficient (Wildman–Crippen LogP) is 6.11. The van der Waals surface area contributed by atoms with E-state index in [2.05, 4.69) is 31.0 Å². The van der Waals surface area contributed by atoms with Gasteiger partial charge < -0.3 is 20.9 Å². The van der Waals surface area contributed by atoms with E-state index in [1.807, 2.05) is 19.9 Å². The lowest BCUT2D eigenvalue weighted by atomic mass is 10.0. The number of benzene rings is 2. The molecule has 10 nitrogen and oxygen atoms in total. The molecular weight excluding hydrogens is 609 g/mol. The number of carbonyl (C=O) groups excluding carboxylic acids is 1. The highest BCUT2D eigenvalue weighted by Gasteiger charge is 2.34. The standard InChI is InChI=1S/C31H34F5N9O/c1-18-5-6-23(13-25(18)41-29-9-19(2)42-45(29)28-14-27(37-4)38-17-39-28)40-30(46)21-10-22(31(34,35)36)12-24(11-21)44-8-7-43(15-20(44)3)16-26(32)33/h5-6,9-14,17,20,26,41H,7-8,15-16H2,1-4H3,(H,40,46)(H,37,38,39)/t20-/m0/s1. The first kappa shape index (κ1) is 32.6. The van der Waals surface area contributed by atoms with E-state index in [4.69, 9.17) is 0 Å². The fourth-order valence-electron chi connectivity index (χ4n) is 5.39. The first-order valence-corrected chi connectivity index (χ1v) is 14.6. The fraction of sp³-hybridized carbons (Fsp3) is 0.355. The summed E-state index contributed by atoms with van der Waals surface area (Å²) in [6.45, 7) is 5.82. The van der Waals surface area contributed by atoms with Gasteiger partial charge >= 0.3 is 6.18 Å². The van der Waals surface area contributed by atoms with Crippen molar-refractivity contribution in [1.82, 2.24) is 24.6 Å². The number of carbonyl (C=O) groups is 1. The first-order valence-electron chi connectivity index (χ1n) is 14.6. The monoisotopic (exact) mass is 643 g/mol. The summed E-state index contributed by atoms with van der Waals surface area (Å²) in [6.07, 6.45) is -5.79. The van der Waals surface area contributed by atoms with Gasteiger partial charge in [-0.05, 0) is 56.7 Å². The fourth-order valence-corrected chi connectivity index (χ4v) is 5.39. The Hall–Kier alpha value is -4.79. The maximum Gasteiger partial charge on any atom is 0.416 e. The van der Waals surface area contributed by atoms with Crippen molar-refractivity contribution < 1.29 is 26.7 Å². The van der Waals surface area contributed by atoms with Crippen molar-refractivity contribution in [3.05, 3.63) is 77.2 Å². The van der Waals surface area contributed by atoms with E-state index in [0.717, 1.165) is 23.4 Å². The van der Waals surface area contributed by atoms with E-state index < -0.39 is 30.6 Å². The van der Waals surface area contributed by atoms with Crippen molar-refractivity contribution >= 4 is 34.6 Å². The number of nitrogens with one attached hydrogen (secondary N) is 3. The summed E-state index contributed by atoms with van der Waals surface area (Å²) in [7, 11) is 1.74. The molecule has 0 saturated carbocycles. The van der Waals surface area contributed by atoms with Crippen molar-refractivity contribution in [1.29, 1.82) is 0 Å². The van der Waals surface area contributed by atoms with Crippen molar-refractivity contribution in [3.8, 4) is 5.82 Å². The van der Waals surface area contributed by atoms with E-state index in [1.165, 1.54) is 12.4 Å². The molecule has 0 spiro atoms. The number of anilines is 5. The molecule has 15 heteroatoms. The summed E-state index contributed by atoms with van der Waals surface area (Å²) in [5, 5.41) is 13.5. The lowest BCUT2D eigenvalue weighted by Crippen LogP contribution is -2.53. The molecule has 2 aromatic carbocycles. The third-order valence-corrected chi connectivity index (χ3v) is 7.66. The third-order valence-electron chi connectivity index (χ3n) is 7.66. The Morgan fingerprint density at radius 2 is 1.83 bits per heavy atom. The van der Waals surface area contributed by atoms with Crippen LogP contribution in [0.15, 0.2) is 54.9 Å². The van der Waals surface area contributed by atoms with Gasteiger partial charge in [0.2, 0.25) is 0 Å². The molecule has 244 valence electrons. The Morgan fingerprint density at radius 1 is 1.04 bits per heavy atom. The minimum Gasteiger partial charge on any atom is -0.373 e. The van der Waals surface area contributed by atoms with Crippen LogP contribution in [0.25, 0.3) is 5.82 Å². The highest BCUT2D eigenvalue weighted by molar-refractivity contribution is 6.05. The number of piperazine rings is 1. The molecule has 46 heavy (non-hydrogen) atoms. The van der Waals surface area contributed by atoms with Gasteiger partial charge in [0, 0.05) is 67.5 Å². The summed E-state index contributed by atoms with van der Waals surface area (Å²) in [5.41, 5.74) is 1.58. The maximum absolute atomic E-state index is 13.9. The normalized spacial score (nSPS) is 15.7. The van der Waals surface area contributed by atoms with Crippen LogP contribution >= 0.6 is 0 Å². The number of aryl methyl sites for hydroxylation is 2. The van der Waals surface area contributed by atoms with Gasteiger partial charge in [-0.3, -0.25) is 9.69 Å². The van der Waals surface area contributed by atoms with E-state index in [-0.39, 0.29) is 36.9 Å². The third kappa shape index (κ3) is 7.53. The molecule has 3 heterocycles. The average molecular weight is 644 g/mol. The second kappa shape index (κ2) is 13.3. The summed E-state index contributed by atoms with van der Waals surface area (Å²) < 4.78 is 69.2. The highest BCUT2D eigenvalue weighted by Crippen LogP contribution is 2.35. The largest absolute Gasteiger partial charge is 0.416 e. The van der Waals surface area contributed by atoms with E-state index in [1.54, 1.807) is 52.7 Å². The number of rotatable bonds is 9. The lowest BCUT2D eigenvalue weighted by molar-refractivity contribution is -0.137. The molecule has 1 saturated heterocycles. The summed E-state index contributed by atoms with van der Waals surface area (Å²) >= 11 is 0. The van der Waals surface area contributed by atoms with Crippen LogP contribution in [-0.4, -0.2) is 76.2 Å². The Labute approximate surface area is 262 Å². The van der Waals surface area contributed by atoms with Crippen LogP contribution in [0.3, 0.4) is 0 Å². The van der Waals surface area contributed by atoms with Gasteiger partial charge in [0.1, 0.15) is 18.0 Å². The first-order chi connectivity index (χ1) is 21.8. The molecule has 0 aliphatic carbocycles. The molecule has 1 aliphatic heterocycles. The molecule has 3 N–H and O–H groups in total. The Balaban J connectivity index is 1.39. The number of nitrogens with zero attached hydrogens (tertiary/aromatic N) is 6. The number of amides is 1. The highest BCUT2D eigenvalue weighted by atomic mass is 19.4. The summed E-state index contributed by atoms with van der Waals surface area (Å²) in [5.74, 6) is 0.982. The van der Waals surface area contributed by atoms with Gasteiger partial charge in [0.15, 0.2) is 5.82 Å². The molecule has 1 fully saturated rings. The van der Waals surface area contributed by atoms with Crippen molar-refractivity contribution in [2.75, 3.05) is 54.1 Å². The van der Waals surface area contributed by atoms with Crippen LogP contribution in [0.5, 0.6) is 0 Å². The van der Waals surface area contributed by atoms with Crippen molar-refractivity contribution in [3.63, 3.8) is 0 Å². The predicted molar refractivity (Wildman–Crippen MR) is 167 cm³/mol. The number of hydrogen-bond donors (Lipinski definition) is 3. The number of aromatic nitrogens is 4. The van der Waals surface area contributed by atoms with Crippen molar-refractivity contribution in [2.24, 2.45) is 0 Å². The van der Waals surface area contributed by atoms with Gasteiger partial charge in [0.05, 0.1) is 17.8 Å². The van der Waals surface area contributed by atoms with Crippen LogP contribution in [0.1, 0.15) is 34.1 Å². The lowest BCUT2D eigenvalue weighted by Gasteiger charge is -2.41. The summed E-state index contributed by atoms with van der Waals surface area (Å²) in [4.78, 5) is 25.1. The molecule has 5 rings (SSSR count). The van der Waals surface area contributed by atoms with Gasteiger partial charge in [-0.15, -0.1) is 0 Å². The smallest absolute Gasteiger partial charge is 0.373 e. The zero-order valence-electron chi connectivity index (χ0n) is 25.7. The van der Waals surface area contributed by atoms with Crippen LogP contribution in [0.4, 0.5) is 50.6 Å². The molecule has 0 radical (unpaired) electrons. The average Bonchev–Trinajstić information content (AvgIpc) is 3.37. The Morgan fingerprint density at radius 3 is 2.52 bits per heavy atom. The number of hydrogen-bond acceptors (Lipinski definition) is 8. The SMILES string of the molecule is CNc1cc(-n2nc(C)cc2Nc2cc(NC(=O)c3cc(N4CCN(CC(F)F)C[C@@H]4C)cc(C(F)(F)F)c3)ccc2C)ncn1. The summed E-state index contributed by atoms with van der Waals surface area (Å²) in [6, 6.07) is 11.5. The van der Waals surface area contributed by atoms with Crippen LogP contribution in [0.2, 0.25) is 0 Å². The molecule has 4 aromatic rings. The second-order valence-electron chi connectivity index (χ2n) is 11.2. The van der Waals surface area contributed by atoms with Gasteiger partial charge in [-0.25, -0.2) is 18.7 Å². The minimum absolute atomic E-state index is 0.181.